The molecule has 2 N–H and O–H groups in total. The van der Waals surface area contributed by atoms with E-state index >= 15 is 0 Å². The van der Waals surface area contributed by atoms with Gasteiger partial charge in [0.1, 0.15) is 0 Å². The number of nitrogens with one attached hydrogen (secondary N) is 1. The van der Waals surface area contributed by atoms with Gasteiger partial charge in [0, 0.05) is 6.04 Å². The van der Waals surface area contributed by atoms with Crippen LogP contribution in [0.3, 0.4) is 0 Å². The Hall–Kier alpha value is -0.860. The Kier molecular flexibility index (Phi) is 6.70. The summed E-state index contributed by atoms with van der Waals surface area (Å²) < 4.78 is 36.9. The van der Waals surface area contributed by atoms with E-state index in [-0.39, 0.29) is 0 Å². The lowest BCUT2D eigenvalue weighted by Gasteiger charge is -2.36. The molecule has 0 aromatic heterocycles. The SMILES string of the molecule is CCN1CCC(NC2COC2)CC1.O=C(O)C(F)(F)F. The van der Waals surface area contributed by atoms with Crippen molar-refractivity contribution in [2.45, 2.75) is 38.0 Å². The Labute approximate surface area is 116 Å². The molecule has 5 nitrogen and oxygen atoms in total. The fourth-order valence-electron chi connectivity index (χ4n) is 2.08. The van der Waals surface area contributed by atoms with Crippen molar-refractivity contribution >= 4 is 5.97 Å². The number of aliphatic carboxylic acids is 1. The molecule has 0 unspecified atom stereocenters. The zero-order valence-corrected chi connectivity index (χ0v) is 11.4. The number of ether oxygens (including phenoxy) is 1. The highest BCUT2D eigenvalue weighted by Gasteiger charge is 2.38. The van der Waals surface area contributed by atoms with Crippen LogP contribution in [-0.4, -0.2) is 67.1 Å². The average Bonchev–Trinajstić information content (AvgIpc) is 2.34. The van der Waals surface area contributed by atoms with Crippen molar-refractivity contribution in [3.63, 3.8) is 0 Å². The molecule has 0 aromatic carbocycles. The predicted molar refractivity (Wildman–Crippen MR) is 66.6 cm³/mol. The third-order valence-corrected chi connectivity index (χ3v) is 3.39. The Bertz CT molecular complexity index is 301. The quantitative estimate of drug-likeness (QED) is 0.817. The van der Waals surface area contributed by atoms with Gasteiger partial charge in [-0.05, 0) is 32.5 Å². The zero-order chi connectivity index (χ0) is 15.2. The van der Waals surface area contributed by atoms with Gasteiger partial charge in [-0.15, -0.1) is 0 Å². The normalized spacial score (nSPS) is 21.8. The van der Waals surface area contributed by atoms with E-state index in [1.807, 2.05) is 0 Å². The number of carboxylic acid groups (broad SMARTS) is 1. The van der Waals surface area contributed by atoms with Gasteiger partial charge in [-0.1, -0.05) is 6.92 Å². The van der Waals surface area contributed by atoms with Crippen molar-refractivity contribution in [3.05, 3.63) is 0 Å². The van der Waals surface area contributed by atoms with Crippen LogP contribution in [0.1, 0.15) is 19.8 Å². The first-order chi connectivity index (χ1) is 9.32. The molecule has 2 rings (SSSR count). The Morgan fingerprint density at radius 3 is 2.10 bits per heavy atom. The third-order valence-electron chi connectivity index (χ3n) is 3.39. The minimum absolute atomic E-state index is 0.651. The summed E-state index contributed by atoms with van der Waals surface area (Å²) >= 11 is 0. The van der Waals surface area contributed by atoms with Crippen LogP contribution in [0.15, 0.2) is 0 Å². The summed E-state index contributed by atoms with van der Waals surface area (Å²) in [4.78, 5) is 11.4. The summed E-state index contributed by atoms with van der Waals surface area (Å²) in [5.74, 6) is -2.76. The van der Waals surface area contributed by atoms with Crippen LogP contribution in [0, 0.1) is 0 Å². The molecule has 2 fully saturated rings. The predicted octanol–water partition coefficient (Wildman–Crippen LogP) is 1.09. The van der Waals surface area contributed by atoms with Crippen molar-refractivity contribution in [1.29, 1.82) is 0 Å². The van der Waals surface area contributed by atoms with E-state index in [0.717, 1.165) is 19.3 Å². The number of carboxylic acids is 1. The Morgan fingerprint density at radius 2 is 1.80 bits per heavy atom. The van der Waals surface area contributed by atoms with Crippen molar-refractivity contribution in [3.8, 4) is 0 Å². The molecule has 0 atom stereocenters. The molecular weight excluding hydrogens is 277 g/mol. The number of likely N-dealkylation sites (tertiary alicyclic amines) is 1. The molecule has 0 saturated carbocycles. The summed E-state index contributed by atoms with van der Waals surface area (Å²) in [5, 5.41) is 10.8. The number of rotatable bonds is 3. The van der Waals surface area contributed by atoms with Crippen LogP contribution in [-0.2, 0) is 9.53 Å². The molecule has 2 aliphatic heterocycles. The number of alkyl halides is 3. The molecule has 8 heteroatoms. The van der Waals surface area contributed by atoms with Gasteiger partial charge in [0.25, 0.3) is 0 Å². The van der Waals surface area contributed by atoms with Crippen LogP contribution in [0.2, 0.25) is 0 Å². The van der Waals surface area contributed by atoms with E-state index < -0.39 is 12.1 Å². The molecule has 0 aliphatic carbocycles. The minimum Gasteiger partial charge on any atom is -0.475 e. The lowest BCUT2D eigenvalue weighted by Crippen LogP contribution is -2.53. The molecular formula is C12H21F3N2O3. The first kappa shape index (κ1) is 17.2. The van der Waals surface area contributed by atoms with E-state index in [4.69, 9.17) is 14.6 Å². The van der Waals surface area contributed by atoms with Crippen LogP contribution < -0.4 is 5.32 Å². The number of hydrogen-bond acceptors (Lipinski definition) is 4. The molecule has 0 radical (unpaired) electrons. The van der Waals surface area contributed by atoms with E-state index in [9.17, 15) is 13.2 Å². The molecule has 2 heterocycles. The summed E-state index contributed by atoms with van der Waals surface area (Å²) in [6.07, 6.45) is -2.46. The summed E-state index contributed by atoms with van der Waals surface area (Å²) in [6.45, 7) is 7.83. The van der Waals surface area contributed by atoms with Gasteiger partial charge in [0.05, 0.1) is 19.3 Å². The van der Waals surface area contributed by atoms with Crippen molar-refractivity contribution in [1.82, 2.24) is 10.2 Å². The van der Waals surface area contributed by atoms with Gasteiger partial charge in [0.2, 0.25) is 0 Å². The van der Waals surface area contributed by atoms with Crippen LogP contribution in [0.25, 0.3) is 0 Å². The number of nitrogens with zero attached hydrogens (tertiary/aromatic N) is 1. The second-order valence-electron chi connectivity index (χ2n) is 4.91. The summed E-state index contributed by atoms with van der Waals surface area (Å²) in [6, 6.07) is 1.40. The Balaban J connectivity index is 0.000000246. The lowest BCUT2D eigenvalue weighted by atomic mass is 10.0. The molecule has 2 aliphatic rings. The van der Waals surface area contributed by atoms with Crippen LogP contribution >= 0.6 is 0 Å². The standard InChI is InChI=1S/C10H20N2O.C2HF3O2/c1-2-12-5-3-9(4-6-12)11-10-7-13-8-10;3-2(4,5)1(6)7/h9-11H,2-8H2,1H3;(H,6,7). The number of halogens is 3. The zero-order valence-electron chi connectivity index (χ0n) is 11.4. The topological polar surface area (TPSA) is 61.8 Å². The molecule has 0 bridgehead atoms. The summed E-state index contributed by atoms with van der Waals surface area (Å²) in [7, 11) is 0. The maximum Gasteiger partial charge on any atom is 0.490 e. The molecule has 0 amide bonds. The smallest absolute Gasteiger partial charge is 0.475 e. The van der Waals surface area contributed by atoms with Gasteiger partial charge < -0.3 is 20.1 Å². The summed E-state index contributed by atoms with van der Waals surface area (Å²) in [5.41, 5.74) is 0. The largest absolute Gasteiger partial charge is 0.490 e. The first-order valence-corrected chi connectivity index (χ1v) is 6.69. The first-order valence-electron chi connectivity index (χ1n) is 6.69. The molecule has 0 aromatic rings. The number of piperidine rings is 1. The highest BCUT2D eigenvalue weighted by atomic mass is 19.4. The monoisotopic (exact) mass is 298 g/mol. The van der Waals surface area contributed by atoms with E-state index in [1.165, 1.54) is 32.5 Å². The molecule has 20 heavy (non-hydrogen) atoms. The second kappa shape index (κ2) is 7.80. The fourth-order valence-corrected chi connectivity index (χ4v) is 2.08. The maximum absolute atomic E-state index is 10.6. The van der Waals surface area contributed by atoms with Crippen LogP contribution in [0.5, 0.6) is 0 Å². The Morgan fingerprint density at radius 1 is 1.30 bits per heavy atom. The number of hydrogen-bond donors (Lipinski definition) is 2. The maximum atomic E-state index is 10.6. The van der Waals surface area contributed by atoms with Crippen molar-refractivity contribution in [2.75, 3.05) is 32.8 Å². The minimum atomic E-state index is -5.08. The van der Waals surface area contributed by atoms with E-state index in [1.54, 1.807) is 0 Å². The van der Waals surface area contributed by atoms with Gasteiger partial charge in [-0.3, -0.25) is 0 Å². The van der Waals surface area contributed by atoms with Crippen molar-refractivity contribution < 1.29 is 27.8 Å². The highest BCUT2D eigenvalue weighted by Crippen LogP contribution is 2.13. The van der Waals surface area contributed by atoms with Gasteiger partial charge in [-0.2, -0.15) is 13.2 Å². The molecule has 2 saturated heterocycles. The van der Waals surface area contributed by atoms with Crippen molar-refractivity contribution in [2.24, 2.45) is 0 Å². The molecule has 0 spiro atoms. The van der Waals surface area contributed by atoms with E-state index in [2.05, 4.69) is 17.1 Å². The number of carbonyl (C=O) groups is 1. The molecule has 118 valence electrons. The highest BCUT2D eigenvalue weighted by molar-refractivity contribution is 5.73. The average molecular weight is 298 g/mol. The van der Waals surface area contributed by atoms with Gasteiger partial charge >= 0.3 is 12.1 Å². The lowest BCUT2D eigenvalue weighted by molar-refractivity contribution is -0.192. The third kappa shape index (κ3) is 6.06. The fraction of sp³-hybridized carbons (Fsp3) is 0.917. The van der Waals surface area contributed by atoms with E-state index in [0.29, 0.717) is 6.04 Å². The van der Waals surface area contributed by atoms with Crippen LogP contribution in [0.4, 0.5) is 13.2 Å². The van der Waals surface area contributed by atoms with Gasteiger partial charge in [-0.25, -0.2) is 4.79 Å². The van der Waals surface area contributed by atoms with Gasteiger partial charge in [0.15, 0.2) is 0 Å². The second-order valence-corrected chi connectivity index (χ2v) is 4.91.